The maximum absolute atomic E-state index is 13.6. The highest BCUT2D eigenvalue weighted by Crippen LogP contribution is 2.15. The highest BCUT2D eigenvalue weighted by molar-refractivity contribution is 7.89. The second kappa shape index (κ2) is 8.92. The van der Waals surface area contributed by atoms with Crippen LogP contribution in [0.1, 0.15) is 27.7 Å². The van der Waals surface area contributed by atoms with Crippen LogP contribution in [0.5, 0.6) is 0 Å². The highest BCUT2D eigenvalue weighted by atomic mass is 32.2. The number of benzene rings is 1. The second-order valence-corrected chi connectivity index (χ2v) is 8.08. The van der Waals surface area contributed by atoms with Gasteiger partial charge in [-0.2, -0.15) is 9.98 Å². The predicted octanol–water partition coefficient (Wildman–Crippen LogP) is 1.09. The summed E-state index contributed by atoms with van der Waals surface area (Å²) >= 11 is 0. The van der Waals surface area contributed by atoms with Crippen molar-refractivity contribution < 1.29 is 27.1 Å². The van der Waals surface area contributed by atoms with Crippen LogP contribution < -0.4 is 10.0 Å². The summed E-state index contributed by atoms with van der Waals surface area (Å²) in [5, 5.41) is 11.6. The number of sulfonamides is 1. The van der Waals surface area contributed by atoms with Gasteiger partial charge in [-0.05, 0) is 31.9 Å². The monoisotopic (exact) mass is 399 g/mol. The summed E-state index contributed by atoms with van der Waals surface area (Å²) in [6.45, 7) is 5.54. The largest absolute Gasteiger partial charge is 0.454 e. The molecule has 0 spiro atoms. The minimum atomic E-state index is -4.29. The molecule has 0 fully saturated rings. The molecule has 2 atom stereocenters. The number of rotatable bonds is 8. The van der Waals surface area contributed by atoms with E-state index in [1.54, 1.807) is 13.8 Å². The van der Waals surface area contributed by atoms with Crippen LogP contribution in [0.2, 0.25) is 0 Å². The molecule has 2 N–H and O–H groups in total. The first-order chi connectivity index (χ1) is 12.4. The van der Waals surface area contributed by atoms with Crippen LogP contribution in [-0.4, -0.2) is 38.5 Å². The Morgan fingerprint density at radius 2 is 1.89 bits per heavy atom. The van der Waals surface area contributed by atoms with Crippen molar-refractivity contribution in [3.63, 3.8) is 0 Å². The van der Waals surface area contributed by atoms with Crippen molar-refractivity contribution in [3.8, 4) is 6.07 Å². The molecule has 1 aromatic rings. The Morgan fingerprint density at radius 1 is 1.30 bits per heavy atom. The maximum Gasteiger partial charge on any atom is 0.324 e. The van der Waals surface area contributed by atoms with E-state index in [0.717, 1.165) is 12.1 Å². The van der Waals surface area contributed by atoms with E-state index in [4.69, 9.17) is 10.00 Å². The van der Waals surface area contributed by atoms with Crippen molar-refractivity contribution in [2.45, 2.75) is 44.2 Å². The average molecular weight is 399 g/mol. The van der Waals surface area contributed by atoms with E-state index in [2.05, 4.69) is 5.32 Å². The van der Waals surface area contributed by atoms with Crippen molar-refractivity contribution in [1.82, 2.24) is 10.0 Å². The summed E-state index contributed by atoms with van der Waals surface area (Å²) in [6.07, 6.45) is 0. The fourth-order valence-electron chi connectivity index (χ4n) is 1.90. The van der Waals surface area contributed by atoms with Crippen LogP contribution in [0.15, 0.2) is 29.2 Å². The Hall–Kier alpha value is -2.51. The van der Waals surface area contributed by atoms with Crippen LogP contribution >= 0.6 is 0 Å². The Bertz CT molecular complexity index is 850. The number of nitrogens with one attached hydrogen (secondary N) is 2. The number of nitrogens with zero attached hydrogens (tertiary/aromatic N) is 1. The Labute approximate surface area is 157 Å². The molecule has 1 amide bonds. The zero-order valence-electron chi connectivity index (χ0n) is 15.4. The number of halogens is 1. The first-order valence-electron chi connectivity index (χ1n) is 8.08. The first-order valence-corrected chi connectivity index (χ1v) is 9.57. The van der Waals surface area contributed by atoms with E-state index in [9.17, 15) is 22.4 Å². The average Bonchev–Trinajstić information content (AvgIpc) is 2.59. The SMILES string of the molecule is CC(C)[C@@](C)(C#N)NC(=O)COC(=O)[C@H](C)NS(=O)(=O)c1ccccc1F. The number of hydrogen-bond acceptors (Lipinski definition) is 6. The zero-order chi connectivity index (χ0) is 20.8. The summed E-state index contributed by atoms with van der Waals surface area (Å²) in [4.78, 5) is 23.2. The predicted molar refractivity (Wildman–Crippen MR) is 94.1 cm³/mol. The second-order valence-electron chi connectivity index (χ2n) is 6.40. The van der Waals surface area contributed by atoms with Gasteiger partial charge in [-0.15, -0.1) is 0 Å². The minimum Gasteiger partial charge on any atom is -0.454 e. The summed E-state index contributed by atoms with van der Waals surface area (Å²) < 4.78 is 44.7. The molecule has 0 aliphatic rings. The fraction of sp³-hybridized carbons (Fsp3) is 0.471. The number of amides is 1. The lowest BCUT2D eigenvalue weighted by atomic mass is 9.90. The summed E-state index contributed by atoms with van der Waals surface area (Å²) in [5.41, 5.74) is -1.14. The lowest BCUT2D eigenvalue weighted by molar-refractivity contribution is -0.150. The van der Waals surface area contributed by atoms with Gasteiger partial charge in [-0.3, -0.25) is 9.59 Å². The van der Waals surface area contributed by atoms with Crippen molar-refractivity contribution in [1.29, 1.82) is 5.26 Å². The number of esters is 1. The van der Waals surface area contributed by atoms with Crippen molar-refractivity contribution in [2.75, 3.05) is 6.61 Å². The normalized spacial score (nSPS) is 14.7. The van der Waals surface area contributed by atoms with Crippen molar-refractivity contribution in [2.24, 2.45) is 5.92 Å². The summed E-state index contributed by atoms with van der Waals surface area (Å²) in [6, 6.07) is 5.32. The van der Waals surface area contributed by atoms with Crippen LogP contribution in [0, 0.1) is 23.1 Å². The van der Waals surface area contributed by atoms with Crippen molar-refractivity contribution >= 4 is 21.9 Å². The molecule has 27 heavy (non-hydrogen) atoms. The third kappa shape index (κ3) is 6.01. The maximum atomic E-state index is 13.6. The lowest BCUT2D eigenvalue weighted by Crippen LogP contribution is -2.50. The molecular formula is C17H22FN3O5S. The molecular weight excluding hydrogens is 377 g/mol. The van der Waals surface area contributed by atoms with Gasteiger partial charge in [-0.25, -0.2) is 12.8 Å². The van der Waals surface area contributed by atoms with Gasteiger partial charge in [0.2, 0.25) is 10.0 Å². The van der Waals surface area contributed by atoms with Crippen molar-refractivity contribution in [3.05, 3.63) is 30.1 Å². The molecule has 0 radical (unpaired) electrons. The molecule has 0 heterocycles. The van der Waals surface area contributed by atoms with Gasteiger partial charge in [0.1, 0.15) is 22.3 Å². The molecule has 0 saturated heterocycles. The highest BCUT2D eigenvalue weighted by Gasteiger charge is 2.31. The molecule has 0 saturated carbocycles. The standard InChI is InChI=1S/C17H22FN3O5S/c1-11(2)17(4,10-19)20-15(22)9-26-16(23)12(3)21-27(24,25)14-8-6-5-7-13(14)18/h5-8,11-12,21H,9H2,1-4H3,(H,20,22)/t12-,17+/m0/s1. The quantitative estimate of drug-likeness (QED) is 0.631. The molecule has 1 rings (SSSR count). The van der Waals surface area contributed by atoms with E-state index in [1.165, 1.54) is 26.0 Å². The fourth-order valence-corrected chi connectivity index (χ4v) is 3.17. The van der Waals surface area contributed by atoms with E-state index in [0.29, 0.717) is 0 Å². The first kappa shape index (κ1) is 22.5. The van der Waals surface area contributed by atoms with Gasteiger partial charge >= 0.3 is 5.97 Å². The van der Waals surface area contributed by atoms with E-state index >= 15 is 0 Å². The van der Waals surface area contributed by atoms with E-state index in [1.807, 2.05) is 10.8 Å². The Balaban J connectivity index is 2.67. The minimum absolute atomic E-state index is 0.186. The molecule has 0 unspecified atom stereocenters. The van der Waals surface area contributed by atoms with Gasteiger partial charge in [0, 0.05) is 0 Å². The van der Waals surface area contributed by atoms with E-state index in [-0.39, 0.29) is 5.92 Å². The summed E-state index contributed by atoms with van der Waals surface area (Å²) in [7, 11) is -4.29. The molecule has 8 nitrogen and oxygen atoms in total. The van der Waals surface area contributed by atoms with Crippen LogP contribution in [0.3, 0.4) is 0 Å². The van der Waals surface area contributed by atoms with Gasteiger partial charge in [-0.1, -0.05) is 26.0 Å². The topological polar surface area (TPSA) is 125 Å². The molecule has 0 aliphatic carbocycles. The smallest absolute Gasteiger partial charge is 0.324 e. The number of nitriles is 1. The number of ether oxygens (including phenoxy) is 1. The molecule has 1 aromatic carbocycles. The van der Waals surface area contributed by atoms with Crippen LogP contribution in [0.25, 0.3) is 0 Å². The van der Waals surface area contributed by atoms with E-state index < -0.39 is 50.8 Å². The van der Waals surface area contributed by atoms with Crippen LogP contribution in [-0.2, 0) is 24.3 Å². The number of hydrogen-bond donors (Lipinski definition) is 2. The zero-order valence-corrected chi connectivity index (χ0v) is 16.3. The van der Waals surface area contributed by atoms with Gasteiger partial charge in [0.25, 0.3) is 5.91 Å². The Morgan fingerprint density at radius 3 is 2.41 bits per heavy atom. The molecule has 0 aromatic heterocycles. The molecule has 0 aliphatic heterocycles. The third-order valence-electron chi connectivity index (χ3n) is 3.94. The number of carbonyl (C=O) groups is 2. The third-order valence-corrected chi connectivity index (χ3v) is 5.52. The van der Waals surface area contributed by atoms with Gasteiger partial charge in [0.05, 0.1) is 6.07 Å². The van der Waals surface area contributed by atoms with Crippen LogP contribution in [0.4, 0.5) is 4.39 Å². The van der Waals surface area contributed by atoms with Gasteiger partial charge in [0.15, 0.2) is 6.61 Å². The Kier molecular flexibility index (Phi) is 7.45. The summed E-state index contributed by atoms with van der Waals surface area (Å²) in [5.74, 6) is -2.87. The lowest BCUT2D eigenvalue weighted by Gasteiger charge is -2.27. The number of carbonyl (C=O) groups excluding carboxylic acids is 2. The van der Waals surface area contributed by atoms with Gasteiger partial charge < -0.3 is 10.1 Å². The molecule has 0 bridgehead atoms. The molecule has 10 heteroatoms. The molecule has 148 valence electrons.